The van der Waals surface area contributed by atoms with Gasteiger partial charge in [0.15, 0.2) is 23.1 Å². The molecule has 7 nitrogen and oxygen atoms in total. The average Bonchev–Trinajstić information content (AvgIpc) is 3.22. The number of halogens is 2. The van der Waals surface area contributed by atoms with Crippen LogP contribution in [0.2, 0.25) is 0 Å². The molecule has 9 heteroatoms. The first-order valence-electron chi connectivity index (χ1n) is 8.95. The minimum Gasteiger partial charge on any atom is -0.454 e. The molecule has 1 aliphatic rings. The number of nitrogens with one attached hydrogen (secondary N) is 2. The molecule has 1 amide bonds. The second-order valence-electron chi connectivity index (χ2n) is 6.30. The van der Waals surface area contributed by atoms with Gasteiger partial charge in [0.2, 0.25) is 12.8 Å². The Balaban J connectivity index is 1.56. The number of aromatic nitrogens is 1. The molecule has 30 heavy (non-hydrogen) atoms. The highest BCUT2D eigenvalue weighted by atomic mass is 19.2. The lowest BCUT2D eigenvalue weighted by Crippen LogP contribution is -2.36. The number of rotatable bonds is 4. The number of benzene rings is 2. The predicted octanol–water partition coefficient (Wildman–Crippen LogP) is 3.49. The van der Waals surface area contributed by atoms with Gasteiger partial charge in [0, 0.05) is 29.7 Å². The second-order valence-corrected chi connectivity index (χ2v) is 6.30. The van der Waals surface area contributed by atoms with Crippen molar-refractivity contribution in [3.63, 3.8) is 0 Å². The summed E-state index contributed by atoms with van der Waals surface area (Å²) in [5.41, 5.74) is 1.42. The molecule has 152 valence electrons. The molecule has 0 aliphatic carbocycles. The van der Waals surface area contributed by atoms with Gasteiger partial charge in [-0.3, -0.25) is 15.1 Å². The van der Waals surface area contributed by atoms with Crippen molar-refractivity contribution in [1.82, 2.24) is 10.3 Å². The van der Waals surface area contributed by atoms with E-state index in [2.05, 4.69) is 20.6 Å². The number of fused-ring (bicyclic) bond motifs is 1. The normalized spacial score (nSPS) is 12.5. The monoisotopic (exact) mass is 410 g/mol. The third-order valence-corrected chi connectivity index (χ3v) is 4.22. The predicted molar refractivity (Wildman–Crippen MR) is 105 cm³/mol. The summed E-state index contributed by atoms with van der Waals surface area (Å²) in [6.07, 6.45) is 3.27. The summed E-state index contributed by atoms with van der Waals surface area (Å²) in [5.74, 6) is -1.49. The molecular weight excluding hydrogens is 394 g/mol. The number of aliphatic imine (C=N–C) groups is 1. The van der Waals surface area contributed by atoms with Crippen molar-refractivity contribution in [3.8, 4) is 11.5 Å². The highest BCUT2D eigenvalue weighted by Crippen LogP contribution is 2.34. The van der Waals surface area contributed by atoms with E-state index >= 15 is 0 Å². The number of guanidine groups is 1. The minimum atomic E-state index is -1.11. The molecule has 0 saturated carbocycles. The maximum Gasteiger partial charge on any atom is 0.258 e. The van der Waals surface area contributed by atoms with Crippen molar-refractivity contribution in [2.24, 2.45) is 4.99 Å². The van der Waals surface area contributed by atoms with Crippen LogP contribution in [0.1, 0.15) is 15.9 Å². The van der Waals surface area contributed by atoms with Gasteiger partial charge in [0.1, 0.15) is 0 Å². The highest BCUT2D eigenvalue weighted by Gasteiger charge is 2.16. The van der Waals surface area contributed by atoms with Gasteiger partial charge in [0.25, 0.3) is 5.91 Å². The Morgan fingerprint density at radius 2 is 1.80 bits per heavy atom. The minimum absolute atomic E-state index is 0.0435. The maximum atomic E-state index is 13.5. The lowest BCUT2D eigenvalue weighted by molar-refractivity contribution is 0.0976. The topological polar surface area (TPSA) is 84.8 Å². The number of amides is 1. The number of ether oxygens (including phenoxy) is 2. The summed E-state index contributed by atoms with van der Waals surface area (Å²) in [5, 5.41) is 5.59. The van der Waals surface area contributed by atoms with Crippen molar-refractivity contribution < 1.29 is 23.0 Å². The van der Waals surface area contributed by atoms with Crippen LogP contribution in [0.25, 0.3) is 0 Å². The summed E-state index contributed by atoms with van der Waals surface area (Å²) >= 11 is 0. The Bertz CT molecular complexity index is 1110. The number of nitrogens with zero attached hydrogens (tertiary/aromatic N) is 2. The van der Waals surface area contributed by atoms with E-state index in [1.54, 1.807) is 42.7 Å². The Morgan fingerprint density at radius 3 is 2.60 bits per heavy atom. The third kappa shape index (κ3) is 4.52. The van der Waals surface area contributed by atoms with Crippen LogP contribution >= 0.6 is 0 Å². The SMILES string of the molecule is O=C(NC(=NCc1ccncc1)Nc1ccc2c(c1)OCO2)c1ccc(F)c(F)c1. The molecule has 4 rings (SSSR count). The fraction of sp³-hybridized carbons (Fsp3) is 0.0952. The molecule has 3 aromatic rings. The summed E-state index contributed by atoms with van der Waals surface area (Å²) in [4.78, 5) is 20.9. The largest absolute Gasteiger partial charge is 0.454 e. The number of hydrogen-bond donors (Lipinski definition) is 2. The Hall–Kier alpha value is -4.01. The van der Waals surface area contributed by atoms with E-state index in [9.17, 15) is 13.6 Å². The number of carbonyl (C=O) groups is 1. The van der Waals surface area contributed by atoms with Crippen LogP contribution in [-0.4, -0.2) is 23.6 Å². The van der Waals surface area contributed by atoms with Gasteiger partial charge in [0.05, 0.1) is 6.54 Å². The molecule has 2 heterocycles. The van der Waals surface area contributed by atoms with E-state index < -0.39 is 17.5 Å². The van der Waals surface area contributed by atoms with E-state index in [4.69, 9.17) is 9.47 Å². The van der Waals surface area contributed by atoms with E-state index in [1.807, 2.05) is 0 Å². The number of hydrogen-bond acceptors (Lipinski definition) is 5. The van der Waals surface area contributed by atoms with Crippen LogP contribution in [0.3, 0.4) is 0 Å². The van der Waals surface area contributed by atoms with Gasteiger partial charge in [-0.25, -0.2) is 13.8 Å². The number of pyridine rings is 1. The van der Waals surface area contributed by atoms with Crippen molar-refractivity contribution in [2.75, 3.05) is 12.1 Å². The third-order valence-electron chi connectivity index (χ3n) is 4.22. The lowest BCUT2D eigenvalue weighted by Gasteiger charge is -2.12. The van der Waals surface area contributed by atoms with Gasteiger partial charge in [-0.15, -0.1) is 0 Å². The van der Waals surface area contributed by atoms with Crippen LogP contribution < -0.4 is 20.1 Å². The summed E-state index contributed by atoms with van der Waals surface area (Å²) < 4.78 is 37.3. The molecule has 0 atom stereocenters. The van der Waals surface area contributed by atoms with Gasteiger partial charge in [-0.1, -0.05) is 0 Å². The molecule has 2 aromatic carbocycles. The molecular formula is C21H16F2N4O3. The van der Waals surface area contributed by atoms with Crippen LogP contribution in [0.4, 0.5) is 14.5 Å². The van der Waals surface area contributed by atoms with Gasteiger partial charge >= 0.3 is 0 Å². The molecule has 0 radical (unpaired) electrons. The van der Waals surface area contributed by atoms with Gasteiger partial charge < -0.3 is 14.8 Å². The van der Waals surface area contributed by atoms with Crippen molar-refractivity contribution in [3.05, 3.63) is 83.7 Å². The highest BCUT2D eigenvalue weighted by molar-refractivity contribution is 6.10. The molecule has 1 aromatic heterocycles. The van der Waals surface area contributed by atoms with E-state index in [0.29, 0.717) is 17.2 Å². The zero-order valence-electron chi connectivity index (χ0n) is 15.6. The summed E-state index contributed by atoms with van der Waals surface area (Å²) in [6, 6.07) is 11.6. The molecule has 0 bridgehead atoms. The Morgan fingerprint density at radius 1 is 1.00 bits per heavy atom. The average molecular weight is 410 g/mol. The fourth-order valence-electron chi connectivity index (χ4n) is 2.70. The van der Waals surface area contributed by atoms with Crippen LogP contribution in [0.5, 0.6) is 11.5 Å². The zero-order chi connectivity index (χ0) is 20.9. The van der Waals surface area contributed by atoms with Gasteiger partial charge in [-0.05, 0) is 48.0 Å². The lowest BCUT2D eigenvalue weighted by atomic mass is 10.2. The standard InChI is InChI=1S/C21H16F2N4O3/c22-16-3-1-14(9-17(16)23)20(28)27-21(25-11-13-5-7-24-8-6-13)26-15-2-4-18-19(10-15)30-12-29-18/h1-10H,11-12H2,(H2,25,26,27,28). The van der Waals surface area contributed by atoms with Crippen LogP contribution in [-0.2, 0) is 6.54 Å². The summed E-state index contributed by atoms with van der Waals surface area (Å²) in [7, 11) is 0. The van der Waals surface area contributed by atoms with Crippen molar-refractivity contribution in [1.29, 1.82) is 0 Å². The summed E-state index contributed by atoms with van der Waals surface area (Å²) in [6.45, 7) is 0.391. The number of carbonyl (C=O) groups excluding carboxylic acids is 1. The molecule has 1 aliphatic heterocycles. The molecule has 0 spiro atoms. The van der Waals surface area contributed by atoms with E-state index in [1.165, 1.54) is 6.07 Å². The Labute approximate surface area is 170 Å². The Kier molecular flexibility index (Phi) is 5.51. The first-order chi connectivity index (χ1) is 14.6. The van der Waals surface area contributed by atoms with Crippen molar-refractivity contribution >= 4 is 17.6 Å². The first kappa shape index (κ1) is 19.3. The zero-order valence-corrected chi connectivity index (χ0v) is 15.6. The fourth-order valence-corrected chi connectivity index (χ4v) is 2.70. The second kappa shape index (κ2) is 8.56. The maximum absolute atomic E-state index is 13.5. The van der Waals surface area contributed by atoms with Gasteiger partial charge in [-0.2, -0.15) is 0 Å². The molecule has 0 unspecified atom stereocenters. The van der Waals surface area contributed by atoms with E-state index in [0.717, 1.165) is 17.7 Å². The van der Waals surface area contributed by atoms with Crippen LogP contribution in [0.15, 0.2) is 65.9 Å². The van der Waals surface area contributed by atoms with E-state index in [-0.39, 0.29) is 24.9 Å². The molecule has 0 fully saturated rings. The molecule has 0 saturated heterocycles. The quantitative estimate of drug-likeness (QED) is 0.508. The van der Waals surface area contributed by atoms with Crippen LogP contribution in [0, 0.1) is 11.6 Å². The van der Waals surface area contributed by atoms with Crippen molar-refractivity contribution in [2.45, 2.75) is 6.54 Å². The number of anilines is 1. The first-order valence-corrected chi connectivity index (χ1v) is 8.95. The smallest absolute Gasteiger partial charge is 0.258 e. The molecule has 2 N–H and O–H groups in total.